The van der Waals surface area contributed by atoms with Crippen LogP contribution in [0.4, 0.5) is 11.4 Å². The quantitative estimate of drug-likeness (QED) is 0.362. The fourth-order valence-electron chi connectivity index (χ4n) is 5.42. The lowest BCUT2D eigenvalue weighted by Gasteiger charge is -2.37. The van der Waals surface area contributed by atoms with Crippen LogP contribution in [0.5, 0.6) is 0 Å². The van der Waals surface area contributed by atoms with Gasteiger partial charge in [-0.15, -0.1) is 0 Å². The van der Waals surface area contributed by atoms with Crippen molar-refractivity contribution in [3.8, 4) is 0 Å². The van der Waals surface area contributed by atoms with E-state index in [1.54, 1.807) is 30.5 Å². The lowest BCUT2D eigenvalue weighted by molar-refractivity contribution is -0.118. The summed E-state index contributed by atoms with van der Waals surface area (Å²) >= 11 is 0. The highest BCUT2D eigenvalue weighted by Crippen LogP contribution is 2.39. The first-order chi connectivity index (χ1) is 18.0. The largest absolute Gasteiger partial charge is 0.422 e. The Morgan fingerprint density at radius 3 is 2.76 bits per heavy atom. The van der Waals surface area contributed by atoms with Crippen LogP contribution in [0.15, 0.2) is 57.9 Å². The topological polar surface area (TPSA) is 125 Å². The molecule has 9 nitrogen and oxygen atoms in total. The van der Waals surface area contributed by atoms with Gasteiger partial charge in [0.25, 0.3) is 5.91 Å². The molecule has 2 aliphatic heterocycles. The number of hydrogen-bond donors (Lipinski definition) is 3. The summed E-state index contributed by atoms with van der Waals surface area (Å²) in [6.07, 6.45) is 5.48. The normalized spacial score (nSPS) is 15.3. The number of amides is 2. The van der Waals surface area contributed by atoms with Crippen LogP contribution in [0.25, 0.3) is 21.9 Å². The van der Waals surface area contributed by atoms with Crippen LogP contribution in [-0.2, 0) is 17.6 Å². The van der Waals surface area contributed by atoms with E-state index in [9.17, 15) is 19.5 Å². The van der Waals surface area contributed by atoms with Gasteiger partial charge >= 0.3 is 5.63 Å². The number of pyridine rings is 1. The Labute approximate surface area is 212 Å². The summed E-state index contributed by atoms with van der Waals surface area (Å²) in [4.78, 5) is 45.3. The Morgan fingerprint density at radius 1 is 1.08 bits per heavy atom. The fourth-order valence-corrected chi connectivity index (χ4v) is 5.42. The first kappa shape index (κ1) is 23.2. The molecule has 6 rings (SSSR count). The Hall–Kier alpha value is -4.24. The van der Waals surface area contributed by atoms with Crippen molar-refractivity contribution in [2.75, 3.05) is 29.9 Å². The van der Waals surface area contributed by atoms with Crippen LogP contribution in [0.3, 0.4) is 0 Å². The van der Waals surface area contributed by atoms with Crippen molar-refractivity contribution < 1.29 is 19.1 Å². The van der Waals surface area contributed by atoms with E-state index in [-0.39, 0.29) is 5.56 Å². The number of rotatable bonds is 5. The van der Waals surface area contributed by atoms with Gasteiger partial charge in [0.2, 0.25) is 5.91 Å². The van der Waals surface area contributed by atoms with Gasteiger partial charge in [0.15, 0.2) is 0 Å². The van der Waals surface area contributed by atoms with Crippen molar-refractivity contribution in [3.63, 3.8) is 0 Å². The molecule has 4 aromatic rings. The van der Waals surface area contributed by atoms with Gasteiger partial charge in [0.05, 0.1) is 12.1 Å². The van der Waals surface area contributed by atoms with Gasteiger partial charge in [0, 0.05) is 47.0 Å². The van der Waals surface area contributed by atoms with Crippen molar-refractivity contribution in [3.05, 3.63) is 75.8 Å². The van der Waals surface area contributed by atoms with Crippen LogP contribution in [0, 0.1) is 0 Å². The van der Waals surface area contributed by atoms with Crippen LogP contribution in [-0.4, -0.2) is 47.6 Å². The molecule has 9 heteroatoms. The summed E-state index contributed by atoms with van der Waals surface area (Å²) in [5.74, 6) is -1.39. The number of nitrogens with zero attached hydrogens (tertiary/aromatic N) is 2. The number of hydrogen-bond acceptors (Lipinski definition) is 7. The number of benzene rings is 2. The SMILES string of the molecule is O=C(NC(CO)C(=O)Nc1ccc2ncccc2c1)c1cc2cc3c4c(c2oc1=O)CCCN4CCC3. The number of aryl methyl sites for hydroxylation is 2. The minimum absolute atomic E-state index is 0.203. The van der Waals surface area contributed by atoms with Crippen molar-refractivity contribution in [2.24, 2.45) is 0 Å². The summed E-state index contributed by atoms with van der Waals surface area (Å²) in [6, 6.07) is 11.1. The molecule has 0 saturated carbocycles. The first-order valence-electron chi connectivity index (χ1n) is 12.5. The van der Waals surface area contributed by atoms with E-state index in [0.29, 0.717) is 16.7 Å². The number of aliphatic hydroxyl groups excluding tert-OH is 1. The zero-order valence-electron chi connectivity index (χ0n) is 20.1. The first-order valence-corrected chi connectivity index (χ1v) is 12.5. The van der Waals surface area contributed by atoms with Crippen LogP contribution < -0.4 is 21.2 Å². The molecule has 0 aliphatic carbocycles. The molecule has 3 N–H and O–H groups in total. The van der Waals surface area contributed by atoms with E-state index < -0.39 is 30.1 Å². The molecule has 37 heavy (non-hydrogen) atoms. The molecule has 0 fully saturated rings. The summed E-state index contributed by atoms with van der Waals surface area (Å²) in [7, 11) is 0. The van der Waals surface area contributed by atoms with Gasteiger partial charge in [-0.25, -0.2) is 4.79 Å². The minimum Gasteiger partial charge on any atom is -0.422 e. The molecule has 2 amide bonds. The lowest BCUT2D eigenvalue weighted by atomic mass is 9.90. The summed E-state index contributed by atoms with van der Waals surface area (Å²) in [6.45, 7) is 1.35. The maximum Gasteiger partial charge on any atom is 0.349 e. The Balaban J connectivity index is 1.25. The summed E-state index contributed by atoms with van der Waals surface area (Å²) in [5, 5.41) is 16.5. The third-order valence-corrected chi connectivity index (χ3v) is 7.14. The highest BCUT2D eigenvalue weighted by atomic mass is 16.4. The van der Waals surface area contributed by atoms with Gasteiger partial charge < -0.3 is 25.1 Å². The third kappa shape index (κ3) is 4.21. The second-order valence-electron chi connectivity index (χ2n) is 9.53. The maximum atomic E-state index is 13.0. The van der Waals surface area contributed by atoms with Gasteiger partial charge in [0.1, 0.15) is 17.2 Å². The zero-order valence-corrected chi connectivity index (χ0v) is 20.1. The molecule has 4 heterocycles. The van der Waals surface area contributed by atoms with Crippen LogP contribution >= 0.6 is 0 Å². The van der Waals surface area contributed by atoms with Crippen molar-refractivity contribution in [1.82, 2.24) is 10.3 Å². The van der Waals surface area contributed by atoms with Crippen molar-refractivity contribution >= 4 is 45.1 Å². The average molecular weight is 499 g/mol. The molecule has 0 bridgehead atoms. The number of nitrogens with one attached hydrogen (secondary N) is 2. The minimum atomic E-state index is -1.26. The Kier molecular flexibility index (Phi) is 5.84. The Bertz CT molecular complexity index is 1610. The number of aromatic nitrogens is 1. The molecule has 2 aromatic carbocycles. The van der Waals surface area contributed by atoms with Crippen molar-refractivity contribution in [1.29, 1.82) is 0 Å². The Morgan fingerprint density at radius 2 is 1.92 bits per heavy atom. The highest BCUT2D eigenvalue weighted by Gasteiger charge is 2.28. The molecule has 1 unspecified atom stereocenters. The molecule has 0 saturated heterocycles. The van der Waals surface area contributed by atoms with E-state index >= 15 is 0 Å². The molecule has 2 aliphatic rings. The second kappa shape index (κ2) is 9.33. The third-order valence-electron chi connectivity index (χ3n) is 7.14. The fraction of sp³-hybridized carbons (Fsp3) is 0.286. The highest BCUT2D eigenvalue weighted by molar-refractivity contribution is 6.03. The van der Waals surface area contributed by atoms with E-state index in [4.69, 9.17) is 4.42 Å². The van der Waals surface area contributed by atoms with Crippen molar-refractivity contribution in [2.45, 2.75) is 31.7 Å². The summed E-state index contributed by atoms with van der Waals surface area (Å²) < 4.78 is 5.68. The smallest absolute Gasteiger partial charge is 0.349 e. The van der Waals surface area contributed by atoms with Gasteiger partial charge in [-0.3, -0.25) is 14.6 Å². The molecular formula is C28H26N4O5. The molecule has 2 aromatic heterocycles. The maximum absolute atomic E-state index is 13.0. The zero-order chi connectivity index (χ0) is 25.5. The van der Waals surface area contributed by atoms with E-state index in [1.807, 2.05) is 12.1 Å². The summed E-state index contributed by atoms with van der Waals surface area (Å²) in [5.41, 5.74) is 4.22. The standard InChI is InChI=1S/C28H26N4O5/c33-15-23(27(35)30-19-7-8-22-16(13-19)4-1-9-29-22)31-26(34)21-14-18-12-17-5-2-10-32-11-3-6-20(24(17)32)25(18)37-28(21)36/h1,4,7-9,12-14,23,33H,2-3,5-6,10-11,15H2,(H,30,35)(H,31,34). The van der Waals surface area contributed by atoms with E-state index in [2.05, 4.69) is 20.5 Å². The number of carbonyl (C=O) groups excluding carboxylic acids is 2. The molecule has 0 spiro atoms. The number of fused-ring (bicyclic) bond motifs is 3. The lowest BCUT2D eigenvalue weighted by Crippen LogP contribution is -2.47. The monoisotopic (exact) mass is 498 g/mol. The van der Waals surface area contributed by atoms with Gasteiger partial charge in [-0.1, -0.05) is 6.07 Å². The number of anilines is 2. The molecule has 0 radical (unpaired) electrons. The van der Waals surface area contributed by atoms with Gasteiger partial charge in [-0.2, -0.15) is 0 Å². The number of aliphatic hydroxyl groups is 1. The second-order valence-corrected chi connectivity index (χ2v) is 9.53. The molecule has 1 atom stereocenters. The predicted octanol–water partition coefficient (Wildman–Crippen LogP) is 2.77. The predicted molar refractivity (Wildman–Crippen MR) is 140 cm³/mol. The average Bonchev–Trinajstić information content (AvgIpc) is 2.92. The van der Waals surface area contributed by atoms with Gasteiger partial charge in [-0.05, 0) is 67.6 Å². The van der Waals surface area contributed by atoms with E-state index in [1.165, 1.54) is 17.3 Å². The van der Waals surface area contributed by atoms with Crippen LogP contribution in [0.2, 0.25) is 0 Å². The number of carbonyl (C=O) groups is 2. The molecule has 188 valence electrons. The van der Waals surface area contributed by atoms with Crippen LogP contribution in [0.1, 0.15) is 34.3 Å². The molecular weight excluding hydrogens is 472 g/mol. The van der Waals surface area contributed by atoms with E-state index in [0.717, 1.165) is 55.2 Å².